The van der Waals surface area contributed by atoms with E-state index in [-0.39, 0.29) is 11.6 Å². The van der Waals surface area contributed by atoms with E-state index in [1.807, 2.05) is 22.8 Å². The van der Waals surface area contributed by atoms with Gasteiger partial charge in [0.15, 0.2) is 0 Å². The van der Waals surface area contributed by atoms with Gasteiger partial charge in [-0.25, -0.2) is 9.97 Å². The molecule has 6 heteroatoms. The molecule has 0 bridgehead atoms. The standard InChI is InChI=1S/C17H17N5O/c23-15-9-8-12-11-19-17(20-14-7-3-4-10-18-14)21-16(12)22(15)13-5-1-2-6-13/h3-4,7-11,13H,1-2,5-6H2,(H,18,19,20,21). The number of rotatable bonds is 3. The second-order valence-electron chi connectivity index (χ2n) is 5.79. The molecule has 0 amide bonds. The van der Waals surface area contributed by atoms with E-state index in [0.29, 0.717) is 17.4 Å². The van der Waals surface area contributed by atoms with Crippen LogP contribution in [0.2, 0.25) is 0 Å². The second kappa shape index (κ2) is 5.79. The molecule has 1 aliphatic rings. The molecule has 1 saturated carbocycles. The summed E-state index contributed by atoms with van der Waals surface area (Å²) in [5.74, 6) is 1.13. The van der Waals surface area contributed by atoms with Gasteiger partial charge in [0, 0.05) is 29.9 Å². The third-order valence-corrected chi connectivity index (χ3v) is 4.26. The molecule has 23 heavy (non-hydrogen) atoms. The molecule has 6 nitrogen and oxygen atoms in total. The normalized spacial score (nSPS) is 15.1. The van der Waals surface area contributed by atoms with Gasteiger partial charge in [-0.15, -0.1) is 0 Å². The number of nitrogens with zero attached hydrogens (tertiary/aromatic N) is 4. The lowest BCUT2D eigenvalue weighted by Crippen LogP contribution is -2.23. The van der Waals surface area contributed by atoms with Crippen LogP contribution in [0.25, 0.3) is 11.0 Å². The summed E-state index contributed by atoms with van der Waals surface area (Å²) in [6, 6.07) is 9.23. The highest BCUT2D eigenvalue weighted by molar-refractivity contribution is 5.75. The van der Waals surface area contributed by atoms with Crippen molar-refractivity contribution in [1.29, 1.82) is 0 Å². The topological polar surface area (TPSA) is 72.7 Å². The Morgan fingerprint density at radius 2 is 1.96 bits per heavy atom. The number of nitrogens with one attached hydrogen (secondary N) is 1. The summed E-state index contributed by atoms with van der Waals surface area (Å²) in [6.07, 6.45) is 7.85. The summed E-state index contributed by atoms with van der Waals surface area (Å²) < 4.78 is 1.83. The summed E-state index contributed by atoms with van der Waals surface area (Å²) in [5, 5.41) is 3.96. The van der Waals surface area contributed by atoms with E-state index in [1.165, 1.54) is 0 Å². The third-order valence-electron chi connectivity index (χ3n) is 4.26. The highest BCUT2D eigenvalue weighted by Crippen LogP contribution is 2.30. The van der Waals surface area contributed by atoms with Gasteiger partial charge in [0.2, 0.25) is 5.95 Å². The van der Waals surface area contributed by atoms with Crippen LogP contribution in [0, 0.1) is 0 Å². The minimum Gasteiger partial charge on any atom is -0.309 e. The first-order valence-electron chi connectivity index (χ1n) is 7.87. The van der Waals surface area contributed by atoms with Gasteiger partial charge >= 0.3 is 0 Å². The first-order chi connectivity index (χ1) is 11.3. The smallest absolute Gasteiger partial charge is 0.252 e. The Kier molecular flexibility index (Phi) is 3.49. The fourth-order valence-electron chi connectivity index (χ4n) is 3.17. The molecule has 0 aromatic carbocycles. The van der Waals surface area contributed by atoms with Crippen LogP contribution in [0.3, 0.4) is 0 Å². The Hall–Kier alpha value is -2.76. The summed E-state index contributed by atoms with van der Waals surface area (Å²) in [7, 11) is 0. The lowest BCUT2D eigenvalue weighted by molar-refractivity contribution is 0.516. The SMILES string of the molecule is O=c1ccc2cnc(Nc3ccccn3)nc2n1C1CCCC1. The van der Waals surface area contributed by atoms with Gasteiger partial charge in [0.1, 0.15) is 11.5 Å². The van der Waals surface area contributed by atoms with Crippen LogP contribution in [0.4, 0.5) is 11.8 Å². The Balaban J connectivity index is 1.80. The summed E-state index contributed by atoms with van der Waals surface area (Å²) >= 11 is 0. The van der Waals surface area contributed by atoms with Gasteiger partial charge in [0.25, 0.3) is 5.56 Å². The predicted octanol–water partition coefficient (Wildman–Crippen LogP) is 3.05. The van der Waals surface area contributed by atoms with Crippen molar-refractivity contribution in [2.45, 2.75) is 31.7 Å². The zero-order valence-electron chi connectivity index (χ0n) is 12.6. The van der Waals surface area contributed by atoms with E-state index in [1.54, 1.807) is 24.5 Å². The molecule has 4 rings (SSSR count). The fourth-order valence-corrected chi connectivity index (χ4v) is 3.17. The van der Waals surface area contributed by atoms with Crippen LogP contribution in [0.15, 0.2) is 47.5 Å². The molecular formula is C17H17N5O. The van der Waals surface area contributed by atoms with Crippen LogP contribution in [0.5, 0.6) is 0 Å². The van der Waals surface area contributed by atoms with E-state index < -0.39 is 0 Å². The lowest BCUT2D eigenvalue weighted by Gasteiger charge is -2.16. The molecule has 1 fully saturated rings. The molecule has 0 spiro atoms. The molecule has 3 aromatic heterocycles. The van der Waals surface area contributed by atoms with E-state index in [0.717, 1.165) is 31.1 Å². The van der Waals surface area contributed by atoms with Crippen molar-refractivity contribution in [3.05, 3.63) is 53.1 Å². The highest BCUT2D eigenvalue weighted by Gasteiger charge is 2.20. The summed E-state index contributed by atoms with van der Waals surface area (Å²) in [6.45, 7) is 0. The maximum Gasteiger partial charge on any atom is 0.252 e. The van der Waals surface area contributed by atoms with E-state index in [9.17, 15) is 4.79 Å². The van der Waals surface area contributed by atoms with Crippen molar-refractivity contribution in [1.82, 2.24) is 19.5 Å². The van der Waals surface area contributed by atoms with E-state index >= 15 is 0 Å². The maximum atomic E-state index is 12.4. The molecule has 1 N–H and O–H groups in total. The molecule has 0 atom stereocenters. The maximum absolute atomic E-state index is 12.4. The molecule has 3 heterocycles. The molecule has 0 saturated heterocycles. The molecule has 0 radical (unpaired) electrons. The zero-order chi connectivity index (χ0) is 15.6. The highest BCUT2D eigenvalue weighted by atomic mass is 16.1. The first kappa shape index (κ1) is 13.9. The Morgan fingerprint density at radius 1 is 1.09 bits per heavy atom. The Labute approximate surface area is 133 Å². The van der Waals surface area contributed by atoms with Gasteiger partial charge in [-0.2, -0.15) is 4.98 Å². The minimum absolute atomic E-state index is 0.00638. The number of aromatic nitrogens is 4. The largest absolute Gasteiger partial charge is 0.309 e. The van der Waals surface area contributed by atoms with E-state index in [4.69, 9.17) is 0 Å². The average molecular weight is 307 g/mol. The minimum atomic E-state index is 0.00638. The van der Waals surface area contributed by atoms with Crippen LogP contribution < -0.4 is 10.9 Å². The van der Waals surface area contributed by atoms with Crippen molar-refractivity contribution in [2.75, 3.05) is 5.32 Å². The number of fused-ring (bicyclic) bond motifs is 1. The quantitative estimate of drug-likeness (QED) is 0.805. The molecule has 116 valence electrons. The predicted molar refractivity (Wildman–Crippen MR) is 88.8 cm³/mol. The number of hydrogen-bond donors (Lipinski definition) is 1. The Bertz CT molecular complexity index is 884. The monoisotopic (exact) mass is 307 g/mol. The van der Waals surface area contributed by atoms with Gasteiger partial charge in [0.05, 0.1) is 0 Å². The van der Waals surface area contributed by atoms with Crippen LogP contribution in [-0.2, 0) is 0 Å². The van der Waals surface area contributed by atoms with Crippen molar-refractivity contribution in [3.63, 3.8) is 0 Å². The Morgan fingerprint density at radius 3 is 2.74 bits per heavy atom. The second-order valence-corrected chi connectivity index (χ2v) is 5.79. The molecule has 3 aromatic rings. The molecule has 1 aliphatic carbocycles. The van der Waals surface area contributed by atoms with Gasteiger partial charge < -0.3 is 5.32 Å². The van der Waals surface area contributed by atoms with Crippen molar-refractivity contribution in [2.24, 2.45) is 0 Å². The molecular weight excluding hydrogens is 290 g/mol. The van der Waals surface area contributed by atoms with Gasteiger partial charge in [-0.3, -0.25) is 9.36 Å². The summed E-state index contributed by atoms with van der Waals surface area (Å²) in [4.78, 5) is 25.5. The molecule has 0 unspecified atom stereocenters. The van der Waals surface area contributed by atoms with Crippen LogP contribution in [-0.4, -0.2) is 19.5 Å². The average Bonchev–Trinajstić information content (AvgIpc) is 3.09. The number of hydrogen-bond acceptors (Lipinski definition) is 5. The number of pyridine rings is 2. The van der Waals surface area contributed by atoms with Crippen molar-refractivity contribution < 1.29 is 0 Å². The van der Waals surface area contributed by atoms with Crippen molar-refractivity contribution in [3.8, 4) is 0 Å². The van der Waals surface area contributed by atoms with Gasteiger partial charge in [-0.05, 0) is 31.0 Å². The summed E-state index contributed by atoms with van der Waals surface area (Å²) in [5.41, 5.74) is 0.699. The molecule has 0 aliphatic heterocycles. The van der Waals surface area contributed by atoms with Gasteiger partial charge in [-0.1, -0.05) is 18.9 Å². The fraction of sp³-hybridized carbons (Fsp3) is 0.294. The van der Waals surface area contributed by atoms with Crippen LogP contribution in [0.1, 0.15) is 31.7 Å². The van der Waals surface area contributed by atoms with E-state index in [2.05, 4.69) is 20.3 Å². The zero-order valence-corrected chi connectivity index (χ0v) is 12.6. The lowest BCUT2D eigenvalue weighted by atomic mass is 10.2. The van der Waals surface area contributed by atoms with Crippen molar-refractivity contribution >= 4 is 22.8 Å². The third kappa shape index (κ3) is 2.67. The number of anilines is 2. The first-order valence-corrected chi connectivity index (χ1v) is 7.87. The van der Waals surface area contributed by atoms with Crippen LogP contribution >= 0.6 is 0 Å².